The Hall–Kier alpha value is -4.12. The van der Waals surface area contributed by atoms with Gasteiger partial charge in [-0.3, -0.25) is 0 Å². The van der Waals surface area contributed by atoms with E-state index in [-0.39, 0.29) is 0 Å². The van der Waals surface area contributed by atoms with Crippen molar-refractivity contribution in [1.82, 2.24) is 0 Å². The minimum atomic E-state index is -1.59. The summed E-state index contributed by atoms with van der Waals surface area (Å²) in [7, 11) is -1.59. The lowest BCUT2D eigenvalue weighted by atomic mass is 9.70. The smallest absolute Gasteiger partial charge is 0.456 e. The van der Waals surface area contributed by atoms with Crippen molar-refractivity contribution >= 4 is 34.5 Å². The number of furan rings is 1. The topological polar surface area (TPSA) is 53.6 Å². The van der Waals surface area contributed by atoms with Gasteiger partial charge >= 0.3 is 7.12 Å². The van der Waals surface area contributed by atoms with E-state index in [1.165, 1.54) is 44.5 Å². The van der Waals surface area contributed by atoms with Crippen LogP contribution in [0.3, 0.4) is 0 Å². The molecule has 0 fully saturated rings. The molecule has 35 heavy (non-hydrogen) atoms. The summed E-state index contributed by atoms with van der Waals surface area (Å²) in [6.07, 6.45) is 0. The number of hydrogen-bond donors (Lipinski definition) is 2. The number of para-hydroxylation sites is 1. The first-order chi connectivity index (χ1) is 17.2. The number of rotatable bonds is 1. The molecule has 3 nitrogen and oxygen atoms in total. The van der Waals surface area contributed by atoms with Gasteiger partial charge < -0.3 is 14.5 Å². The van der Waals surface area contributed by atoms with Crippen LogP contribution in [-0.2, 0) is 5.41 Å². The van der Waals surface area contributed by atoms with Gasteiger partial charge in [-0.25, -0.2) is 0 Å². The van der Waals surface area contributed by atoms with E-state index in [0.29, 0.717) is 11.0 Å². The quantitative estimate of drug-likeness (QED) is 0.320. The molecule has 0 amide bonds. The van der Waals surface area contributed by atoms with Crippen molar-refractivity contribution in [3.63, 3.8) is 0 Å². The zero-order chi connectivity index (χ0) is 23.3. The summed E-state index contributed by atoms with van der Waals surface area (Å²) >= 11 is 0. The van der Waals surface area contributed by atoms with Gasteiger partial charge in [-0.15, -0.1) is 0 Å². The highest BCUT2D eigenvalue weighted by atomic mass is 16.4. The SMILES string of the molecule is OB(O)c1cccc2c1oc1cc3c(cc12)-c1ccccc1C31c2ccccc2-c2ccccc21. The zero-order valence-corrected chi connectivity index (χ0v) is 18.7. The molecule has 0 saturated carbocycles. The molecule has 6 aromatic rings. The first-order valence-corrected chi connectivity index (χ1v) is 11.8. The van der Waals surface area contributed by atoms with Crippen LogP contribution in [0.5, 0.6) is 0 Å². The van der Waals surface area contributed by atoms with Crippen LogP contribution < -0.4 is 5.46 Å². The lowest BCUT2D eigenvalue weighted by Crippen LogP contribution is -2.29. The molecule has 2 N–H and O–H groups in total. The fraction of sp³-hybridized carbons (Fsp3) is 0.0323. The monoisotopic (exact) mass is 450 g/mol. The van der Waals surface area contributed by atoms with E-state index in [2.05, 4.69) is 84.9 Å². The predicted octanol–water partition coefficient (Wildman–Crippen LogP) is 5.61. The average molecular weight is 450 g/mol. The van der Waals surface area contributed by atoms with Crippen LogP contribution >= 0.6 is 0 Å². The number of fused-ring (bicyclic) bond motifs is 13. The molecule has 2 aliphatic rings. The van der Waals surface area contributed by atoms with Crippen molar-refractivity contribution in [2.24, 2.45) is 0 Å². The second kappa shape index (κ2) is 6.51. The molecule has 5 aromatic carbocycles. The molecular formula is C31H19BO3. The number of hydrogen-bond acceptors (Lipinski definition) is 3. The van der Waals surface area contributed by atoms with Crippen LogP contribution in [0.25, 0.3) is 44.2 Å². The lowest BCUT2D eigenvalue weighted by molar-refractivity contribution is 0.425. The first-order valence-electron chi connectivity index (χ1n) is 11.8. The van der Waals surface area contributed by atoms with Crippen LogP contribution in [0.15, 0.2) is 108 Å². The van der Waals surface area contributed by atoms with Crippen molar-refractivity contribution in [3.05, 3.63) is 125 Å². The third-order valence-electron chi connectivity index (χ3n) is 7.92. The molecule has 8 rings (SSSR count). The predicted molar refractivity (Wildman–Crippen MR) is 140 cm³/mol. The number of benzene rings is 5. The average Bonchev–Trinajstić information content (AvgIpc) is 3.51. The molecule has 1 spiro atoms. The Morgan fingerprint density at radius 2 is 1.11 bits per heavy atom. The molecule has 0 bridgehead atoms. The molecule has 0 saturated heterocycles. The van der Waals surface area contributed by atoms with Crippen molar-refractivity contribution in [3.8, 4) is 22.3 Å². The molecule has 164 valence electrons. The minimum Gasteiger partial charge on any atom is -0.456 e. The van der Waals surface area contributed by atoms with Crippen molar-refractivity contribution in [2.75, 3.05) is 0 Å². The molecular weight excluding hydrogens is 431 g/mol. The lowest BCUT2D eigenvalue weighted by Gasteiger charge is -2.30. The Labute approximate surface area is 202 Å². The van der Waals surface area contributed by atoms with Gasteiger partial charge in [-0.05, 0) is 56.6 Å². The van der Waals surface area contributed by atoms with E-state index >= 15 is 0 Å². The van der Waals surface area contributed by atoms with E-state index < -0.39 is 12.5 Å². The second-order valence-corrected chi connectivity index (χ2v) is 9.48. The summed E-state index contributed by atoms with van der Waals surface area (Å²) in [4.78, 5) is 0. The van der Waals surface area contributed by atoms with Crippen LogP contribution in [0.2, 0.25) is 0 Å². The fourth-order valence-electron chi connectivity index (χ4n) is 6.61. The van der Waals surface area contributed by atoms with Gasteiger partial charge in [-0.2, -0.15) is 0 Å². The van der Waals surface area contributed by atoms with Gasteiger partial charge in [-0.1, -0.05) is 91.0 Å². The Morgan fingerprint density at radius 1 is 0.543 bits per heavy atom. The highest BCUT2D eigenvalue weighted by molar-refractivity contribution is 6.61. The Bertz CT molecular complexity index is 1800. The summed E-state index contributed by atoms with van der Waals surface area (Å²) < 4.78 is 6.33. The van der Waals surface area contributed by atoms with E-state index in [0.717, 1.165) is 16.4 Å². The summed E-state index contributed by atoms with van der Waals surface area (Å²) in [5.74, 6) is 0. The van der Waals surface area contributed by atoms with E-state index in [1.54, 1.807) is 6.07 Å². The van der Waals surface area contributed by atoms with Crippen molar-refractivity contribution in [1.29, 1.82) is 0 Å². The molecule has 1 aromatic heterocycles. The van der Waals surface area contributed by atoms with E-state index in [1.807, 2.05) is 12.1 Å². The van der Waals surface area contributed by atoms with Crippen LogP contribution in [0.1, 0.15) is 22.3 Å². The van der Waals surface area contributed by atoms with E-state index in [4.69, 9.17) is 4.42 Å². The molecule has 0 radical (unpaired) electrons. The van der Waals surface area contributed by atoms with Crippen molar-refractivity contribution < 1.29 is 14.5 Å². The maximum absolute atomic E-state index is 9.93. The standard InChI is InChI=1S/C31H19BO3/c33-32(34)28-15-7-11-21-23-16-22-20-10-3-6-14-26(20)31(27(22)17-29(23)35-30(21)28)24-12-4-1-8-18(24)19-9-2-5-13-25(19)31/h1-17,33-34H. The summed E-state index contributed by atoms with van der Waals surface area (Å²) in [6, 6.07) is 36.1. The molecule has 0 aliphatic heterocycles. The van der Waals surface area contributed by atoms with Crippen LogP contribution in [-0.4, -0.2) is 17.2 Å². The Kier molecular flexibility index (Phi) is 3.57. The maximum Gasteiger partial charge on any atom is 0.492 e. The Morgan fingerprint density at radius 3 is 1.71 bits per heavy atom. The third-order valence-corrected chi connectivity index (χ3v) is 7.92. The first kappa shape index (κ1) is 19.2. The minimum absolute atomic E-state index is 0.380. The summed E-state index contributed by atoms with van der Waals surface area (Å²) in [6.45, 7) is 0. The van der Waals surface area contributed by atoms with Gasteiger partial charge in [0.2, 0.25) is 0 Å². The Balaban J connectivity index is 1.56. The molecule has 1 heterocycles. The molecule has 4 heteroatoms. The molecule has 0 unspecified atom stereocenters. The maximum atomic E-state index is 9.93. The zero-order valence-electron chi connectivity index (χ0n) is 18.7. The van der Waals surface area contributed by atoms with Gasteiger partial charge in [0.25, 0.3) is 0 Å². The summed E-state index contributed by atoms with van der Waals surface area (Å²) in [5.41, 5.74) is 11.2. The van der Waals surface area contributed by atoms with Crippen LogP contribution in [0, 0.1) is 0 Å². The van der Waals surface area contributed by atoms with Crippen LogP contribution in [0.4, 0.5) is 0 Å². The van der Waals surface area contributed by atoms with Gasteiger partial charge in [0.15, 0.2) is 0 Å². The fourth-order valence-corrected chi connectivity index (χ4v) is 6.61. The third kappa shape index (κ3) is 2.20. The molecule has 0 atom stereocenters. The van der Waals surface area contributed by atoms with Gasteiger partial charge in [0.1, 0.15) is 11.2 Å². The summed E-state index contributed by atoms with van der Waals surface area (Å²) in [5, 5.41) is 21.7. The normalized spacial score (nSPS) is 14.2. The highest BCUT2D eigenvalue weighted by Crippen LogP contribution is 2.63. The largest absolute Gasteiger partial charge is 0.492 e. The van der Waals surface area contributed by atoms with Crippen molar-refractivity contribution in [2.45, 2.75) is 5.41 Å². The second-order valence-electron chi connectivity index (χ2n) is 9.48. The van der Waals surface area contributed by atoms with Gasteiger partial charge in [0.05, 0.1) is 5.41 Å². The van der Waals surface area contributed by atoms with E-state index in [9.17, 15) is 10.0 Å². The van der Waals surface area contributed by atoms with Gasteiger partial charge in [0, 0.05) is 16.2 Å². The highest BCUT2D eigenvalue weighted by Gasteiger charge is 2.51. The molecule has 2 aliphatic carbocycles.